The summed E-state index contributed by atoms with van der Waals surface area (Å²) in [7, 11) is 6.04. The third-order valence-electron chi connectivity index (χ3n) is 2.58. The number of esters is 1. The average Bonchev–Trinajstić information content (AvgIpc) is 2.46. The molecule has 1 rings (SSSR count). The SMILES string of the molecule is COC(=O)CCNc1cc(OC)c(OC)cc1OC. The van der Waals surface area contributed by atoms with E-state index in [1.54, 1.807) is 33.5 Å². The highest BCUT2D eigenvalue weighted by Gasteiger charge is 2.11. The van der Waals surface area contributed by atoms with E-state index in [0.29, 0.717) is 23.8 Å². The van der Waals surface area contributed by atoms with Crippen LogP contribution >= 0.6 is 0 Å². The molecule has 0 heterocycles. The van der Waals surface area contributed by atoms with Crippen LogP contribution in [0.15, 0.2) is 12.1 Å². The Bertz CT molecular complexity index is 433. The topological polar surface area (TPSA) is 66.0 Å². The summed E-state index contributed by atoms with van der Waals surface area (Å²) in [5.74, 6) is 1.51. The molecule has 0 bridgehead atoms. The van der Waals surface area contributed by atoms with Crippen LogP contribution in [0.5, 0.6) is 17.2 Å². The lowest BCUT2D eigenvalue weighted by atomic mass is 10.2. The number of ether oxygens (including phenoxy) is 4. The third-order valence-corrected chi connectivity index (χ3v) is 2.58. The number of nitrogens with one attached hydrogen (secondary N) is 1. The molecule has 0 atom stereocenters. The zero-order valence-electron chi connectivity index (χ0n) is 11.6. The molecule has 0 aliphatic heterocycles. The largest absolute Gasteiger partial charge is 0.494 e. The van der Waals surface area contributed by atoms with Crippen molar-refractivity contribution in [2.24, 2.45) is 0 Å². The zero-order chi connectivity index (χ0) is 14.3. The summed E-state index contributed by atoms with van der Waals surface area (Å²) in [4.78, 5) is 11.0. The first kappa shape index (κ1) is 14.9. The van der Waals surface area contributed by atoms with Gasteiger partial charge in [-0.2, -0.15) is 0 Å². The van der Waals surface area contributed by atoms with E-state index in [2.05, 4.69) is 10.1 Å². The van der Waals surface area contributed by atoms with Gasteiger partial charge >= 0.3 is 5.97 Å². The molecule has 1 N–H and O–H groups in total. The predicted octanol–water partition coefficient (Wildman–Crippen LogP) is 1.69. The van der Waals surface area contributed by atoms with Crippen molar-refractivity contribution in [1.29, 1.82) is 0 Å². The molecule has 106 valence electrons. The van der Waals surface area contributed by atoms with Gasteiger partial charge in [0.1, 0.15) is 5.75 Å². The molecule has 0 aliphatic rings. The fraction of sp³-hybridized carbons (Fsp3) is 0.462. The van der Waals surface area contributed by atoms with Crippen molar-refractivity contribution in [1.82, 2.24) is 0 Å². The molecule has 1 aromatic rings. The Morgan fingerprint density at radius 2 is 1.58 bits per heavy atom. The van der Waals surface area contributed by atoms with Gasteiger partial charge in [-0.1, -0.05) is 0 Å². The van der Waals surface area contributed by atoms with Crippen molar-refractivity contribution in [2.45, 2.75) is 6.42 Å². The standard InChI is InChI=1S/C13H19NO5/c1-16-10-8-12(18-3)11(17-2)7-9(10)14-6-5-13(15)19-4/h7-8,14H,5-6H2,1-4H3. The summed E-state index contributed by atoms with van der Waals surface area (Å²) in [6.07, 6.45) is 0.272. The Morgan fingerprint density at radius 3 is 2.11 bits per heavy atom. The molecule has 0 aliphatic carbocycles. The molecule has 0 radical (unpaired) electrons. The van der Waals surface area contributed by atoms with Crippen molar-refractivity contribution in [3.05, 3.63) is 12.1 Å². The summed E-state index contributed by atoms with van der Waals surface area (Å²) >= 11 is 0. The normalized spacial score (nSPS) is 9.68. The van der Waals surface area contributed by atoms with Crippen LogP contribution in [0, 0.1) is 0 Å². The van der Waals surface area contributed by atoms with Crippen molar-refractivity contribution in [3.8, 4) is 17.2 Å². The minimum absolute atomic E-state index is 0.271. The third kappa shape index (κ3) is 3.94. The van der Waals surface area contributed by atoms with Crippen LogP contribution in [0.4, 0.5) is 5.69 Å². The van der Waals surface area contributed by atoms with Crippen molar-refractivity contribution in [2.75, 3.05) is 40.3 Å². The van der Waals surface area contributed by atoms with Gasteiger partial charge in [0.15, 0.2) is 11.5 Å². The first-order chi connectivity index (χ1) is 9.15. The van der Waals surface area contributed by atoms with Crippen LogP contribution < -0.4 is 19.5 Å². The highest BCUT2D eigenvalue weighted by atomic mass is 16.5. The molecule has 1 aromatic carbocycles. The number of methoxy groups -OCH3 is 4. The number of hydrogen-bond acceptors (Lipinski definition) is 6. The maximum absolute atomic E-state index is 11.0. The number of benzene rings is 1. The van der Waals surface area contributed by atoms with Crippen molar-refractivity contribution >= 4 is 11.7 Å². The summed E-state index contributed by atoms with van der Waals surface area (Å²) in [5, 5.41) is 3.09. The number of anilines is 1. The highest BCUT2D eigenvalue weighted by Crippen LogP contribution is 2.37. The Hall–Kier alpha value is -2.11. The minimum Gasteiger partial charge on any atom is -0.494 e. The predicted molar refractivity (Wildman–Crippen MR) is 71.2 cm³/mol. The fourth-order valence-electron chi connectivity index (χ4n) is 1.57. The maximum Gasteiger partial charge on any atom is 0.307 e. The summed E-state index contributed by atoms with van der Waals surface area (Å²) in [6.45, 7) is 0.443. The smallest absolute Gasteiger partial charge is 0.307 e. The van der Waals surface area contributed by atoms with Gasteiger partial charge in [0, 0.05) is 18.7 Å². The molecule has 19 heavy (non-hydrogen) atoms. The maximum atomic E-state index is 11.0. The molecule has 0 saturated heterocycles. The van der Waals surface area contributed by atoms with Gasteiger partial charge < -0.3 is 24.3 Å². The first-order valence-electron chi connectivity index (χ1n) is 5.77. The highest BCUT2D eigenvalue weighted by molar-refractivity contribution is 5.70. The number of rotatable bonds is 7. The molecule has 6 nitrogen and oxygen atoms in total. The molecule has 0 amide bonds. The minimum atomic E-state index is -0.271. The van der Waals surface area contributed by atoms with Crippen LogP contribution in [0.1, 0.15) is 6.42 Å². The molecule has 6 heteroatoms. The lowest BCUT2D eigenvalue weighted by Crippen LogP contribution is -2.10. The van der Waals surface area contributed by atoms with Crippen molar-refractivity contribution < 1.29 is 23.7 Å². The van der Waals surface area contributed by atoms with Crippen LogP contribution in [0.25, 0.3) is 0 Å². The lowest BCUT2D eigenvalue weighted by Gasteiger charge is -2.15. The molecule has 0 saturated carbocycles. The molecule has 0 unspecified atom stereocenters. The van der Waals surface area contributed by atoms with Crippen LogP contribution in [0.3, 0.4) is 0 Å². The van der Waals surface area contributed by atoms with E-state index in [1.807, 2.05) is 0 Å². The molecular formula is C13H19NO5. The first-order valence-corrected chi connectivity index (χ1v) is 5.77. The van der Waals surface area contributed by atoms with Gasteiger partial charge in [0.05, 0.1) is 40.5 Å². The zero-order valence-corrected chi connectivity index (χ0v) is 11.6. The monoisotopic (exact) mass is 269 g/mol. The van der Waals surface area contributed by atoms with E-state index in [4.69, 9.17) is 14.2 Å². The molecule has 0 fully saturated rings. The van der Waals surface area contributed by atoms with Crippen molar-refractivity contribution in [3.63, 3.8) is 0 Å². The van der Waals surface area contributed by atoms with Gasteiger partial charge in [0.25, 0.3) is 0 Å². The van der Waals surface area contributed by atoms with E-state index >= 15 is 0 Å². The van der Waals surface area contributed by atoms with Gasteiger partial charge in [0.2, 0.25) is 0 Å². The molecule has 0 aromatic heterocycles. The van der Waals surface area contributed by atoms with Gasteiger partial charge in [-0.3, -0.25) is 4.79 Å². The number of hydrogen-bond donors (Lipinski definition) is 1. The average molecular weight is 269 g/mol. The fourth-order valence-corrected chi connectivity index (χ4v) is 1.57. The number of carbonyl (C=O) groups is 1. The Labute approximate surface area is 112 Å². The van der Waals surface area contributed by atoms with Gasteiger partial charge in [-0.15, -0.1) is 0 Å². The lowest BCUT2D eigenvalue weighted by molar-refractivity contribution is -0.140. The van der Waals surface area contributed by atoms with Crippen LogP contribution in [0.2, 0.25) is 0 Å². The summed E-state index contributed by atoms with van der Waals surface area (Å²) in [5.41, 5.74) is 0.726. The van der Waals surface area contributed by atoms with E-state index < -0.39 is 0 Å². The Balaban J connectivity index is 2.83. The second-order valence-corrected chi connectivity index (χ2v) is 3.66. The molecular weight excluding hydrogens is 250 g/mol. The number of carbonyl (C=O) groups excluding carboxylic acids is 1. The quantitative estimate of drug-likeness (QED) is 0.760. The van der Waals surface area contributed by atoms with E-state index in [9.17, 15) is 4.79 Å². The second-order valence-electron chi connectivity index (χ2n) is 3.66. The second kappa shape index (κ2) is 7.35. The Morgan fingerprint density at radius 1 is 1.00 bits per heavy atom. The molecule has 0 spiro atoms. The van der Waals surface area contributed by atoms with Crippen LogP contribution in [-0.4, -0.2) is 41.0 Å². The van der Waals surface area contributed by atoms with Gasteiger partial charge in [-0.25, -0.2) is 0 Å². The summed E-state index contributed by atoms with van der Waals surface area (Å²) in [6, 6.07) is 3.48. The van der Waals surface area contributed by atoms with E-state index in [0.717, 1.165) is 5.69 Å². The Kier molecular flexibility index (Phi) is 5.78. The summed E-state index contributed by atoms with van der Waals surface area (Å²) < 4.78 is 20.2. The van der Waals surface area contributed by atoms with E-state index in [-0.39, 0.29) is 12.4 Å². The van der Waals surface area contributed by atoms with Gasteiger partial charge in [-0.05, 0) is 0 Å². The van der Waals surface area contributed by atoms with E-state index in [1.165, 1.54) is 7.11 Å². The van der Waals surface area contributed by atoms with Crippen LogP contribution in [-0.2, 0) is 9.53 Å².